The van der Waals surface area contributed by atoms with Gasteiger partial charge in [-0.25, -0.2) is 0 Å². The highest BCUT2D eigenvalue weighted by Crippen LogP contribution is 2.60. The van der Waals surface area contributed by atoms with Crippen LogP contribution in [0.5, 0.6) is 0 Å². The minimum atomic E-state index is 1.03. The minimum Gasteiger partial charge on any atom is -0.0882 e. The van der Waals surface area contributed by atoms with Crippen molar-refractivity contribution in [3.05, 3.63) is 11.6 Å². The monoisotopic (exact) mass is 162 g/mol. The molecule has 3 aliphatic carbocycles. The molecule has 0 saturated heterocycles. The topological polar surface area (TPSA) is 0 Å². The Labute approximate surface area is 75.0 Å². The van der Waals surface area contributed by atoms with Gasteiger partial charge in [0.2, 0.25) is 0 Å². The molecule has 0 aromatic carbocycles. The fourth-order valence-corrected chi connectivity index (χ4v) is 4.23. The Kier molecular flexibility index (Phi) is 1.42. The van der Waals surface area contributed by atoms with Crippen molar-refractivity contribution in [2.75, 3.05) is 0 Å². The summed E-state index contributed by atoms with van der Waals surface area (Å²) < 4.78 is 0. The van der Waals surface area contributed by atoms with Gasteiger partial charge in [-0.2, -0.15) is 0 Å². The van der Waals surface area contributed by atoms with Gasteiger partial charge < -0.3 is 0 Å². The first-order valence-electron chi connectivity index (χ1n) is 5.55. The lowest BCUT2D eigenvalue weighted by molar-refractivity contribution is 0.304. The van der Waals surface area contributed by atoms with E-state index in [-0.39, 0.29) is 0 Å². The first kappa shape index (κ1) is 7.17. The fourth-order valence-electron chi connectivity index (χ4n) is 4.23. The highest BCUT2D eigenvalue weighted by atomic mass is 14.6. The molecule has 66 valence electrons. The summed E-state index contributed by atoms with van der Waals surface area (Å²) >= 11 is 0. The maximum Gasteiger partial charge on any atom is -0.0169 e. The first-order valence-corrected chi connectivity index (χ1v) is 5.55. The van der Waals surface area contributed by atoms with Crippen molar-refractivity contribution >= 4 is 0 Å². The second kappa shape index (κ2) is 2.37. The summed E-state index contributed by atoms with van der Waals surface area (Å²) in [7, 11) is 0. The van der Waals surface area contributed by atoms with Crippen LogP contribution in [-0.2, 0) is 0 Å². The molecule has 0 radical (unpaired) electrons. The Morgan fingerprint density at radius 1 is 1.25 bits per heavy atom. The lowest BCUT2D eigenvalue weighted by Crippen LogP contribution is -2.18. The van der Waals surface area contributed by atoms with E-state index >= 15 is 0 Å². The lowest BCUT2D eigenvalue weighted by Gasteiger charge is -2.26. The number of hydrogen-bond acceptors (Lipinski definition) is 0. The molecule has 2 bridgehead atoms. The van der Waals surface area contributed by atoms with E-state index in [9.17, 15) is 0 Å². The van der Waals surface area contributed by atoms with Gasteiger partial charge in [0, 0.05) is 0 Å². The van der Waals surface area contributed by atoms with Gasteiger partial charge >= 0.3 is 0 Å². The molecule has 4 unspecified atom stereocenters. The summed E-state index contributed by atoms with van der Waals surface area (Å²) in [4.78, 5) is 0. The summed E-state index contributed by atoms with van der Waals surface area (Å²) in [6.07, 6.45) is 10.0. The smallest absolute Gasteiger partial charge is 0.0169 e. The molecule has 0 aromatic heterocycles. The molecule has 12 heavy (non-hydrogen) atoms. The van der Waals surface area contributed by atoms with Gasteiger partial charge in [-0.1, -0.05) is 18.1 Å². The predicted octanol–water partition coefficient (Wildman–Crippen LogP) is 3.39. The summed E-state index contributed by atoms with van der Waals surface area (Å²) in [5, 5.41) is 0. The van der Waals surface area contributed by atoms with E-state index in [0.717, 1.165) is 23.7 Å². The molecule has 0 amide bonds. The summed E-state index contributed by atoms with van der Waals surface area (Å²) in [6.45, 7) is 2.24. The third kappa shape index (κ3) is 0.739. The Bertz CT molecular complexity index is 226. The molecule has 0 nitrogen and oxygen atoms in total. The third-order valence-electron chi connectivity index (χ3n) is 4.65. The van der Waals surface area contributed by atoms with E-state index in [0.29, 0.717) is 0 Å². The highest BCUT2D eigenvalue weighted by Gasteiger charge is 2.50. The SMILES string of the molecule is C/C=C1\CC2CC1C1CCCC21. The van der Waals surface area contributed by atoms with Crippen LogP contribution in [0.2, 0.25) is 0 Å². The Balaban J connectivity index is 1.92. The highest BCUT2D eigenvalue weighted by molar-refractivity contribution is 5.21. The van der Waals surface area contributed by atoms with E-state index in [1.807, 2.05) is 5.57 Å². The lowest BCUT2D eigenvalue weighted by atomic mass is 9.79. The molecular weight excluding hydrogens is 144 g/mol. The molecule has 3 fully saturated rings. The van der Waals surface area contributed by atoms with E-state index in [1.165, 1.54) is 12.8 Å². The fraction of sp³-hybridized carbons (Fsp3) is 0.833. The summed E-state index contributed by atoms with van der Waals surface area (Å²) in [5.74, 6) is 4.41. The largest absolute Gasteiger partial charge is 0.0882 e. The maximum absolute atomic E-state index is 2.40. The Morgan fingerprint density at radius 3 is 2.92 bits per heavy atom. The zero-order chi connectivity index (χ0) is 8.13. The van der Waals surface area contributed by atoms with Crippen molar-refractivity contribution in [2.45, 2.75) is 39.0 Å². The number of fused-ring (bicyclic) bond motifs is 5. The van der Waals surface area contributed by atoms with Gasteiger partial charge in [0.15, 0.2) is 0 Å². The Hall–Kier alpha value is -0.260. The van der Waals surface area contributed by atoms with Crippen molar-refractivity contribution in [3.8, 4) is 0 Å². The normalized spacial score (nSPS) is 53.6. The van der Waals surface area contributed by atoms with Crippen LogP contribution in [0.3, 0.4) is 0 Å². The average molecular weight is 162 g/mol. The van der Waals surface area contributed by atoms with Crippen molar-refractivity contribution in [1.82, 2.24) is 0 Å². The zero-order valence-electron chi connectivity index (χ0n) is 7.92. The molecule has 3 rings (SSSR count). The van der Waals surface area contributed by atoms with Crippen LogP contribution in [0.1, 0.15) is 39.0 Å². The molecule has 3 saturated carbocycles. The van der Waals surface area contributed by atoms with Crippen molar-refractivity contribution < 1.29 is 0 Å². The first-order chi connectivity index (χ1) is 5.90. The van der Waals surface area contributed by atoms with Crippen molar-refractivity contribution in [2.24, 2.45) is 23.7 Å². The van der Waals surface area contributed by atoms with Crippen LogP contribution in [0.15, 0.2) is 11.6 Å². The van der Waals surface area contributed by atoms with Crippen LogP contribution in [0.4, 0.5) is 0 Å². The van der Waals surface area contributed by atoms with Crippen LogP contribution < -0.4 is 0 Å². The molecule has 0 heteroatoms. The van der Waals surface area contributed by atoms with Crippen LogP contribution in [0.25, 0.3) is 0 Å². The van der Waals surface area contributed by atoms with Gasteiger partial charge in [-0.15, -0.1) is 0 Å². The van der Waals surface area contributed by atoms with Crippen LogP contribution in [0, 0.1) is 23.7 Å². The van der Waals surface area contributed by atoms with Crippen molar-refractivity contribution in [1.29, 1.82) is 0 Å². The molecule has 4 atom stereocenters. The minimum absolute atomic E-state index is 1.03. The summed E-state index contributed by atoms with van der Waals surface area (Å²) in [6, 6.07) is 0. The molecule has 3 aliphatic rings. The van der Waals surface area contributed by atoms with Gasteiger partial charge in [-0.05, 0) is 56.3 Å². The molecule has 0 aliphatic heterocycles. The third-order valence-corrected chi connectivity index (χ3v) is 4.65. The van der Waals surface area contributed by atoms with E-state index in [4.69, 9.17) is 0 Å². The second-order valence-electron chi connectivity index (χ2n) is 4.93. The molecule has 0 aromatic rings. The standard InChI is InChI=1S/C12H18/c1-2-8-6-9-7-12(8)11-5-3-4-10(9)11/h2,9-12H,3-7H2,1H3/b8-2+. The maximum atomic E-state index is 2.40. The van der Waals surface area contributed by atoms with Gasteiger partial charge in [0.1, 0.15) is 0 Å². The average Bonchev–Trinajstić information content (AvgIpc) is 2.75. The Morgan fingerprint density at radius 2 is 2.08 bits per heavy atom. The van der Waals surface area contributed by atoms with Crippen LogP contribution in [-0.4, -0.2) is 0 Å². The van der Waals surface area contributed by atoms with Crippen LogP contribution >= 0.6 is 0 Å². The van der Waals surface area contributed by atoms with Gasteiger partial charge in [0.25, 0.3) is 0 Å². The van der Waals surface area contributed by atoms with Gasteiger partial charge in [0.05, 0.1) is 0 Å². The van der Waals surface area contributed by atoms with Crippen molar-refractivity contribution in [3.63, 3.8) is 0 Å². The number of rotatable bonds is 0. The van der Waals surface area contributed by atoms with E-state index < -0.39 is 0 Å². The molecule has 0 heterocycles. The molecule has 0 N–H and O–H groups in total. The number of hydrogen-bond donors (Lipinski definition) is 0. The zero-order valence-corrected chi connectivity index (χ0v) is 7.92. The molecule has 0 spiro atoms. The number of allylic oxidation sites excluding steroid dienone is 2. The quantitative estimate of drug-likeness (QED) is 0.479. The summed E-state index contributed by atoms with van der Waals surface area (Å²) in [5.41, 5.74) is 1.81. The van der Waals surface area contributed by atoms with E-state index in [2.05, 4.69) is 13.0 Å². The van der Waals surface area contributed by atoms with Gasteiger partial charge in [-0.3, -0.25) is 0 Å². The predicted molar refractivity (Wildman–Crippen MR) is 50.8 cm³/mol. The second-order valence-corrected chi connectivity index (χ2v) is 4.93. The molecular formula is C12H18. The van der Waals surface area contributed by atoms with E-state index in [1.54, 1.807) is 19.3 Å².